The summed E-state index contributed by atoms with van der Waals surface area (Å²) in [6.07, 6.45) is 6.52. The number of carbonyl (C=O) groups excluding carboxylic acids is 1. The van der Waals surface area contributed by atoms with E-state index >= 15 is 0 Å². The molecule has 0 spiro atoms. The lowest BCUT2D eigenvalue weighted by molar-refractivity contribution is 0.104. The second kappa shape index (κ2) is 5.96. The second-order valence-electron chi connectivity index (χ2n) is 6.16. The Balaban J connectivity index is 1.87. The quantitative estimate of drug-likeness (QED) is 0.662. The lowest BCUT2D eigenvalue weighted by Gasteiger charge is -2.28. The van der Waals surface area contributed by atoms with Gasteiger partial charge in [-0.2, -0.15) is 0 Å². The Morgan fingerprint density at radius 3 is 2.58 bits per heavy atom. The fraction of sp³-hybridized carbons (Fsp3) is 0.150. The van der Waals surface area contributed by atoms with Gasteiger partial charge >= 0.3 is 0 Å². The number of hydrogen-bond donors (Lipinski definition) is 1. The maximum Gasteiger partial charge on any atom is 0.189 e. The number of allylic oxidation sites excluding steroid dienone is 1. The van der Waals surface area contributed by atoms with Gasteiger partial charge in [-0.1, -0.05) is 18.2 Å². The maximum absolute atomic E-state index is 12.9. The molecule has 0 amide bonds. The van der Waals surface area contributed by atoms with Gasteiger partial charge in [-0.05, 0) is 61.9 Å². The number of phenols is 1. The summed E-state index contributed by atoms with van der Waals surface area (Å²) in [4.78, 5) is 12.3. The van der Waals surface area contributed by atoms with E-state index in [-0.39, 0.29) is 22.9 Å². The van der Waals surface area contributed by atoms with E-state index in [0.717, 1.165) is 0 Å². The molecule has 0 saturated carbocycles. The third kappa shape index (κ3) is 3.23. The molecule has 0 bridgehead atoms. The Bertz CT molecular complexity index is 846. The molecule has 0 radical (unpaired) electrons. The molecule has 2 aromatic carbocycles. The van der Waals surface area contributed by atoms with Crippen molar-refractivity contribution in [2.75, 3.05) is 0 Å². The van der Waals surface area contributed by atoms with Crippen molar-refractivity contribution < 1.29 is 19.0 Å². The van der Waals surface area contributed by atoms with E-state index in [9.17, 15) is 14.3 Å². The summed E-state index contributed by atoms with van der Waals surface area (Å²) >= 11 is 0. The normalized spacial score (nSPS) is 15.1. The lowest BCUT2D eigenvalue weighted by atomic mass is 9.98. The molecule has 0 saturated heterocycles. The van der Waals surface area contributed by atoms with Crippen LogP contribution in [-0.4, -0.2) is 16.5 Å². The fourth-order valence-electron chi connectivity index (χ4n) is 2.48. The molecule has 0 aromatic heterocycles. The SMILES string of the molecule is CC1(C)C=Cc2c(ccc(C(=O)/C=C/c3ccc(F)cc3)c2O)O1. The predicted molar refractivity (Wildman–Crippen MR) is 91.6 cm³/mol. The van der Waals surface area contributed by atoms with Crippen LogP contribution >= 0.6 is 0 Å². The van der Waals surface area contributed by atoms with E-state index in [1.54, 1.807) is 36.4 Å². The van der Waals surface area contributed by atoms with E-state index in [1.165, 1.54) is 18.2 Å². The van der Waals surface area contributed by atoms with Crippen molar-refractivity contribution in [3.8, 4) is 11.5 Å². The Morgan fingerprint density at radius 2 is 1.88 bits per heavy atom. The van der Waals surface area contributed by atoms with Crippen molar-refractivity contribution in [1.82, 2.24) is 0 Å². The molecule has 0 aliphatic carbocycles. The first kappa shape index (κ1) is 16.0. The summed E-state index contributed by atoms with van der Waals surface area (Å²) in [5.41, 5.74) is 0.940. The van der Waals surface area contributed by atoms with Gasteiger partial charge in [-0.15, -0.1) is 0 Å². The van der Waals surface area contributed by atoms with Crippen molar-refractivity contribution in [2.45, 2.75) is 19.4 Å². The standard InChI is InChI=1S/C20H17FO3/c1-20(2)12-11-16-18(24-20)10-8-15(19(16)23)17(22)9-5-13-3-6-14(21)7-4-13/h3-12,23H,1-2H3/b9-5+. The number of ketones is 1. The van der Waals surface area contributed by atoms with Gasteiger partial charge in [0, 0.05) is 0 Å². The molecule has 1 aliphatic rings. The van der Waals surface area contributed by atoms with Crippen LogP contribution in [0.5, 0.6) is 11.5 Å². The predicted octanol–water partition coefficient (Wildman–Crippen LogP) is 4.61. The number of aromatic hydroxyl groups is 1. The smallest absolute Gasteiger partial charge is 0.189 e. The van der Waals surface area contributed by atoms with Crippen LogP contribution in [0.4, 0.5) is 4.39 Å². The van der Waals surface area contributed by atoms with Gasteiger partial charge in [0.25, 0.3) is 0 Å². The fourth-order valence-corrected chi connectivity index (χ4v) is 2.48. The third-order valence-corrected chi connectivity index (χ3v) is 3.76. The Morgan fingerprint density at radius 1 is 1.17 bits per heavy atom. The molecular weight excluding hydrogens is 307 g/mol. The van der Waals surface area contributed by atoms with E-state index in [4.69, 9.17) is 4.74 Å². The zero-order valence-corrected chi connectivity index (χ0v) is 13.4. The van der Waals surface area contributed by atoms with Crippen LogP contribution in [0.15, 0.2) is 48.6 Å². The maximum atomic E-state index is 12.9. The number of fused-ring (bicyclic) bond motifs is 1. The van der Waals surface area contributed by atoms with Crippen LogP contribution < -0.4 is 4.74 Å². The van der Waals surface area contributed by atoms with Crippen LogP contribution in [0.25, 0.3) is 12.2 Å². The van der Waals surface area contributed by atoms with Gasteiger partial charge in [-0.3, -0.25) is 4.79 Å². The van der Waals surface area contributed by atoms with Crippen LogP contribution in [0, 0.1) is 5.82 Å². The summed E-state index contributed by atoms with van der Waals surface area (Å²) in [6, 6.07) is 9.02. The summed E-state index contributed by atoms with van der Waals surface area (Å²) in [6.45, 7) is 3.82. The minimum atomic E-state index is -0.451. The molecule has 0 fully saturated rings. The number of ether oxygens (including phenoxy) is 1. The number of hydrogen-bond acceptors (Lipinski definition) is 3. The first-order valence-corrected chi connectivity index (χ1v) is 7.58. The third-order valence-electron chi connectivity index (χ3n) is 3.76. The van der Waals surface area contributed by atoms with E-state index in [0.29, 0.717) is 16.9 Å². The molecule has 4 heteroatoms. The molecular formula is C20H17FO3. The minimum Gasteiger partial charge on any atom is -0.506 e. The van der Waals surface area contributed by atoms with Gasteiger partial charge in [0.05, 0.1) is 11.1 Å². The molecule has 3 nitrogen and oxygen atoms in total. The molecule has 1 heterocycles. The monoisotopic (exact) mass is 324 g/mol. The molecule has 2 aromatic rings. The molecule has 1 N–H and O–H groups in total. The zero-order chi connectivity index (χ0) is 17.3. The zero-order valence-electron chi connectivity index (χ0n) is 13.4. The lowest BCUT2D eigenvalue weighted by Crippen LogP contribution is -2.27. The Hall–Kier alpha value is -2.88. The number of phenolic OH excluding ortho intramolecular Hbond substituents is 1. The van der Waals surface area contributed by atoms with Gasteiger partial charge in [0.1, 0.15) is 22.9 Å². The second-order valence-corrected chi connectivity index (χ2v) is 6.16. The Kier molecular flexibility index (Phi) is 3.97. The molecule has 0 unspecified atom stereocenters. The van der Waals surface area contributed by atoms with Crippen molar-refractivity contribution in [3.05, 3.63) is 71.1 Å². The van der Waals surface area contributed by atoms with Gasteiger partial charge in [0.2, 0.25) is 0 Å². The van der Waals surface area contributed by atoms with Crippen LogP contribution in [0.2, 0.25) is 0 Å². The Labute approximate surface area is 139 Å². The highest BCUT2D eigenvalue weighted by Gasteiger charge is 2.25. The number of carbonyl (C=O) groups is 1. The molecule has 24 heavy (non-hydrogen) atoms. The van der Waals surface area contributed by atoms with E-state index < -0.39 is 5.60 Å². The summed E-state index contributed by atoms with van der Waals surface area (Å²) in [7, 11) is 0. The highest BCUT2D eigenvalue weighted by atomic mass is 19.1. The van der Waals surface area contributed by atoms with Crippen LogP contribution in [0.1, 0.15) is 35.3 Å². The van der Waals surface area contributed by atoms with Crippen LogP contribution in [-0.2, 0) is 0 Å². The number of benzene rings is 2. The first-order valence-electron chi connectivity index (χ1n) is 7.58. The highest BCUT2D eigenvalue weighted by molar-refractivity contribution is 6.09. The number of rotatable bonds is 3. The van der Waals surface area contributed by atoms with Crippen molar-refractivity contribution >= 4 is 17.9 Å². The van der Waals surface area contributed by atoms with Gasteiger partial charge < -0.3 is 9.84 Å². The van der Waals surface area contributed by atoms with E-state index in [2.05, 4.69) is 0 Å². The van der Waals surface area contributed by atoms with Gasteiger partial charge in [0.15, 0.2) is 5.78 Å². The molecule has 0 atom stereocenters. The highest BCUT2D eigenvalue weighted by Crippen LogP contribution is 2.38. The number of halogens is 1. The molecule has 1 aliphatic heterocycles. The summed E-state index contributed by atoms with van der Waals surface area (Å²) < 4.78 is 18.6. The topological polar surface area (TPSA) is 46.5 Å². The average molecular weight is 324 g/mol. The minimum absolute atomic E-state index is 0.104. The average Bonchev–Trinajstić information content (AvgIpc) is 2.53. The summed E-state index contributed by atoms with van der Waals surface area (Å²) in [5, 5.41) is 10.4. The molecule has 122 valence electrons. The summed E-state index contributed by atoms with van der Waals surface area (Å²) in [5.74, 6) is -0.231. The van der Waals surface area contributed by atoms with Crippen molar-refractivity contribution in [1.29, 1.82) is 0 Å². The van der Waals surface area contributed by atoms with Crippen molar-refractivity contribution in [3.63, 3.8) is 0 Å². The van der Waals surface area contributed by atoms with E-state index in [1.807, 2.05) is 19.9 Å². The van der Waals surface area contributed by atoms with Gasteiger partial charge in [-0.25, -0.2) is 4.39 Å². The largest absolute Gasteiger partial charge is 0.506 e. The molecule has 3 rings (SSSR count). The van der Waals surface area contributed by atoms with Crippen molar-refractivity contribution in [2.24, 2.45) is 0 Å². The first-order chi connectivity index (χ1) is 11.4. The van der Waals surface area contributed by atoms with Crippen LogP contribution in [0.3, 0.4) is 0 Å².